The zero-order valence-corrected chi connectivity index (χ0v) is 12.7. The van der Waals surface area contributed by atoms with Gasteiger partial charge in [-0.1, -0.05) is 23.4 Å². The highest BCUT2D eigenvalue weighted by atomic mass is 79.9. The Morgan fingerprint density at radius 1 is 1.61 bits per heavy atom. The van der Waals surface area contributed by atoms with E-state index < -0.39 is 0 Å². The Morgan fingerprint density at radius 3 is 2.94 bits per heavy atom. The molecule has 1 aromatic heterocycles. The number of hydrogen-bond acceptors (Lipinski definition) is 4. The van der Waals surface area contributed by atoms with E-state index >= 15 is 0 Å². The van der Waals surface area contributed by atoms with Gasteiger partial charge in [0.25, 0.3) is 0 Å². The standard InChI is InChI=1S/C11H10BrClN2O2S/c1-6(16)18-7-4-10(17)15(5-7)9-3-2-8(13)11(12)14-9/h2-3,7H,4-5H2,1H3. The van der Waals surface area contributed by atoms with Gasteiger partial charge in [0, 0.05) is 25.1 Å². The van der Waals surface area contributed by atoms with Crippen LogP contribution in [0.5, 0.6) is 0 Å². The maximum absolute atomic E-state index is 11.9. The van der Waals surface area contributed by atoms with Gasteiger partial charge in [-0.25, -0.2) is 4.98 Å². The molecule has 1 amide bonds. The minimum Gasteiger partial charge on any atom is -0.296 e. The molecule has 1 saturated heterocycles. The van der Waals surface area contributed by atoms with Crippen molar-refractivity contribution in [2.45, 2.75) is 18.6 Å². The third kappa shape index (κ3) is 3.05. The number of nitrogens with zero attached hydrogens (tertiary/aromatic N) is 2. The molecule has 1 aliphatic heterocycles. The van der Waals surface area contributed by atoms with Gasteiger partial charge in [0.05, 0.1) is 5.02 Å². The Balaban J connectivity index is 2.16. The Kier molecular flexibility index (Phi) is 4.29. The van der Waals surface area contributed by atoms with Gasteiger partial charge < -0.3 is 0 Å². The summed E-state index contributed by atoms with van der Waals surface area (Å²) in [6.45, 7) is 2.01. The SMILES string of the molecule is CC(=O)SC1CC(=O)N(c2ccc(Cl)c(Br)n2)C1. The molecule has 2 rings (SSSR count). The Bertz CT molecular complexity index is 512. The molecule has 0 spiro atoms. The molecule has 1 unspecified atom stereocenters. The van der Waals surface area contributed by atoms with E-state index in [0.717, 1.165) is 0 Å². The van der Waals surface area contributed by atoms with Gasteiger partial charge in [0.2, 0.25) is 5.91 Å². The maximum Gasteiger partial charge on any atom is 0.229 e. The molecule has 0 aromatic carbocycles. The second-order valence-electron chi connectivity index (χ2n) is 3.88. The lowest BCUT2D eigenvalue weighted by atomic mass is 10.4. The first-order valence-electron chi connectivity index (χ1n) is 5.27. The number of rotatable bonds is 2. The molecule has 1 fully saturated rings. The van der Waals surface area contributed by atoms with Crippen molar-refractivity contribution in [2.24, 2.45) is 0 Å². The van der Waals surface area contributed by atoms with Crippen molar-refractivity contribution in [1.82, 2.24) is 4.98 Å². The first-order valence-corrected chi connectivity index (χ1v) is 7.32. The number of amides is 1. The summed E-state index contributed by atoms with van der Waals surface area (Å²) in [5.41, 5.74) is 0. The van der Waals surface area contributed by atoms with Crippen molar-refractivity contribution in [2.75, 3.05) is 11.4 Å². The molecule has 0 bridgehead atoms. The van der Waals surface area contributed by atoms with E-state index in [4.69, 9.17) is 11.6 Å². The van der Waals surface area contributed by atoms with Crippen molar-refractivity contribution in [3.05, 3.63) is 21.8 Å². The van der Waals surface area contributed by atoms with Gasteiger partial charge in [-0.2, -0.15) is 0 Å². The normalized spacial score (nSPS) is 19.4. The second-order valence-corrected chi connectivity index (χ2v) is 6.52. The summed E-state index contributed by atoms with van der Waals surface area (Å²) < 4.78 is 0.511. The van der Waals surface area contributed by atoms with Crippen molar-refractivity contribution in [1.29, 1.82) is 0 Å². The fraction of sp³-hybridized carbons (Fsp3) is 0.364. The molecule has 96 valence electrons. The average molecular weight is 350 g/mol. The molecule has 7 heteroatoms. The number of carbonyl (C=O) groups excluding carboxylic acids is 2. The van der Waals surface area contributed by atoms with Gasteiger partial charge in [-0.05, 0) is 28.1 Å². The molecule has 2 heterocycles. The topological polar surface area (TPSA) is 50.3 Å². The van der Waals surface area contributed by atoms with Crippen LogP contribution in [-0.2, 0) is 9.59 Å². The average Bonchev–Trinajstić information content (AvgIpc) is 2.62. The van der Waals surface area contributed by atoms with Crippen LogP contribution in [0.3, 0.4) is 0 Å². The van der Waals surface area contributed by atoms with Gasteiger partial charge in [-0.15, -0.1) is 0 Å². The summed E-state index contributed by atoms with van der Waals surface area (Å²) in [5, 5.41) is 0.534. The summed E-state index contributed by atoms with van der Waals surface area (Å²) in [5.74, 6) is 0.540. The molecule has 4 nitrogen and oxygen atoms in total. The Hall–Kier alpha value is -0.590. The van der Waals surface area contributed by atoms with Crippen LogP contribution in [0.25, 0.3) is 0 Å². The predicted molar refractivity (Wildman–Crippen MR) is 76.0 cm³/mol. The monoisotopic (exact) mass is 348 g/mol. The molecule has 0 aliphatic carbocycles. The third-order valence-electron chi connectivity index (χ3n) is 2.49. The fourth-order valence-electron chi connectivity index (χ4n) is 1.77. The largest absolute Gasteiger partial charge is 0.296 e. The number of pyridine rings is 1. The molecule has 1 atom stereocenters. The highest BCUT2D eigenvalue weighted by molar-refractivity contribution is 9.10. The molecule has 0 N–H and O–H groups in total. The second kappa shape index (κ2) is 5.59. The van der Waals surface area contributed by atoms with Gasteiger partial charge in [-0.3, -0.25) is 14.5 Å². The number of thioether (sulfide) groups is 1. The Labute approximate surface area is 122 Å². The van der Waals surface area contributed by atoms with E-state index in [1.54, 1.807) is 17.0 Å². The highest BCUT2D eigenvalue weighted by Crippen LogP contribution is 2.30. The minimum atomic E-state index is -0.0181. The van der Waals surface area contributed by atoms with Crippen molar-refractivity contribution < 1.29 is 9.59 Å². The van der Waals surface area contributed by atoms with E-state index in [2.05, 4.69) is 20.9 Å². The minimum absolute atomic E-state index is 0.00579. The van der Waals surface area contributed by atoms with E-state index in [0.29, 0.717) is 28.4 Å². The number of anilines is 1. The summed E-state index contributed by atoms with van der Waals surface area (Å²) in [7, 11) is 0. The molecule has 0 saturated carbocycles. The molecular weight excluding hydrogens is 340 g/mol. The van der Waals surface area contributed by atoms with Crippen LogP contribution < -0.4 is 4.90 Å². The summed E-state index contributed by atoms with van der Waals surface area (Å²) in [6.07, 6.45) is 0.367. The predicted octanol–water partition coefficient (Wildman–Crippen LogP) is 2.88. The van der Waals surface area contributed by atoms with Crippen molar-refractivity contribution in [3.63, 3.8) is 0 Å². The van der Waals surface area contributed by atoms with Crippen LogP contribution in [0.15, 0.2) is 16.7 Å². The number of carbonyl (C=O) groups is 2. The first-order chi connectivity index (χ1) is 8.47. The lowest BCUT2D eigenvalue weighted by molar-refractivity contribution is -0.117. The van der Waals surface area contributed by atoms with Crippen molar-refractivity contribution in [3.8, 4) is 0 Å². The summed E-state index contributed by atoms with van der Waals surface area (Å²) in [4.78, 5) is 28.7. The van der Waals surface area contributed by atoms with Crippen LogP contribution in [0.1, 0.15) is 13.3 Å². The van der Waals surface area contributed by atoms with Gasteiger partial charge in [0.15, 0.2) is 5.12 Å². The summed E-state index contributed by atoms with van der Waals surface area (Å²) >= 11 is 10.3. The van der Waals surface area contributed by atoms with Gasteiger partial charge in [0.1, 0.15) is 10.4 Å². The zero-order valence-electron chi connectivity index (χ0n) is 9.52. The van der Waals surface area contributed by atoms with Crippen LogP contribution in [0, 0.1) is 0 Å². The van der Waals surface area contributed by atoms with Crippen LogP contribution in [0.2, 0.25) is 5.02 Å². The molecule has 1 aliphatic rings. The zero-order chi connectivity index (χ0) is 13.3. The number of hydrogen-bond donors (Lipinski definition) is 0. The lowest BCUT2D eigenvalue weighted by Gasteiger charge is -2.15. The number of halogens is 2. The summed E-state index contributed by atoms with van der Waals surface area (Å²) in [6, 6.07) is 3.39. The van der Waals surface area contributed by atoms with E-state index in [1.165, 1.54) is 18.7 Å². The molecular formula is C11H10BrClN2O2S. The Morgan fingerprint density at radius 2 is 2.33 bits per heavy atom. The molecule has 18 heavy (non-hydrogen) atoms. The van der Waals surface area contributed by atoms with Gasteiger partial charge >= 0.3 is 0 Å². The third-order valence-corrected chi connectivity index (χ3v) is 4.61. The molecule has 1 aromatic rings. The first kappa shape index (κ1) is 13.8. The number of aromatic nitrogens is 1. The molecule has 0 radical (unpaired) electrons. The van der Waals surface area contributed by atoms with Crippen molar-refractivity contribution >= 4 is 56.1 Å². The maximum atomic E-state index is 11.9. The van der Waals surface area contributed by atoms with E-state index in [9.17, 15) is 9.59 Å². The van der Waals surface area contributed by atoms with E-state index in [1.807, 2.05) is 0 Å². The lowest BCUT2D eigenvalue weighted by Crippen LogP contribution is -2.25. The van der Waals surface area contributed by atoms with Crippen LogP contribution in [0.4, 0.5) is 5.82 Å². The quantitative estimate of drug-likeness (QED) is 0.770. The van der Waals surface area contributed by atoms with Crippen LogP contribution >= 0.6 is 39.3 Å². The highest BCUT2D eigenvalue weighted by Gasteiger charge is 2.32. The van der Waals surface area contributed by atoms with Crippen LogP contribution in [-0.4, -0.2) is 27.8 Å². The smallest absolute Gasteiger partial charge is 0.229 e. The van der Waals surface area contributed by atoms with E-state index in [-0.39, 0.29) is 16.3 Å². The fourth-order valence-corrected chi connectivity index (χ4v) is 3.11.